The number of hydrogen-bond acceptors (Lipinski definition) is 4. The van der Waals surface area contributed by atoms with Gasteiger partial charge in [0.2, 0.25) is 0 Å². The predicted molar refractivity (Wildman–Crippen MR) is 114 cm³/mol. The van der Waals surface area contributed by atoms with E-state index in [0.717, 1.165) is 5.56 Å². The third-order valence-electron chi connectivity index (χ3n) is 5.04. The van der Waals surface area contributed by atoms with Crippen LogP contribution in [0.5, 0.6) is 0 Å². The van der Waals surface area contributed by atoms with E-state index < -0.39 is 5.56 Å². The van der Waals surface area contributed by atoms with E-state index in [1.54, 1.807) is 34.8 Å². The third kappa shape index (κ3) is 3.44. The highest BCUT2D eigenvalue weighted by molar-refractivity contribution is 5.98. The van der Waals surface area contributed by atoms with E-state index in [2.05, 4.69) is 20.6 Å². The summed E-state index contributed by atoms with van der Waals surface area (Å²) in [6, 6.07) is 20.1. The molecule has 8 heteroatoms. The van der Waals surface area contributed by atoms with E-state index in [9.17, 15) is 14.0 Å². The van der Waals surface area contributed by atoms with E-state index in [1.165, 1.54) is 12.1 Å². The molecule has 0 spiro atoms. The number of rotatable bonds is 4. The molecule has 2 N–H and O–H groups in total. The fourth-order valence-corrected chi connectivity index (χ4v) is 3.45. The summed E-state index contributed by atoms with van der Waals surface area (Å²) in [5.74, 6) is -0.632. The number of amides is 1. The summed E-state index contributed by atoms with van der Waals surface area (Å²) >= 11 is 0. The van der Waals surface area contributed by atoms with Crippen molar-refractivity contribution in [3.05, 3.63) is 100 Å². The molecule has 0 aliphatic carbocycles. The summed E-state index contributed by atoms with van der Waals surface area (Å²) in [7, 11) is 0. The SMILES string of the molecule is O=C(NCc1ccccc1)c1ccc2c(=O)nc3c(-c4ccc(F)cc4)n[nH]n3c2c1. The molecule has 0 unspecified atom stereocenters. The largest absolute Gasteiger partial charge is 0.348 e. The lowest BCUT2D eigenvalue weighted by molar-refractivity contribution is 0.0951. The van der Waals surface area contributed by atoms with Gasteiger partial charge in [-0.2, -0.15) is 10.1 Å². The van der Waals surface area contributed by atoms with Crippen molar-refractivity contribution < 1.29 is 9.18 Å². The minimum absolute atomic E-state index is 0.262. The number of carbonyl (C=O) groups is 1. The van der Waals surface area contributed by atoms with Gasteiger partial charge in [-0.05, 0) is 48.0 Å². The number of nitrogens with one attached hydrogen (secondary N) is 2. The first-order valence-corrected chi connectivity index (χ1v) is 9.59. The van der Waals surface area contributed by atoms with Gasteiger partial charge in [-0.25, -0.2) is 14.1 Å². The van der Waals surface area contributed by atoms with Crippen molar-refractivity contribution >= 4 is 22.5 Å². The molecule has 0 saturated carbocycles. The Kier molecular flexibility index (Phi) is 4.51. The molecule has 5 aromatic rings. The van der Waals surface area contributed by atoms with E-state index in [4.69, 9.17) is 0 Å². The minimum atomic E-state index is -0.434. The first-order chi connectivity index (χ1) is 15.1. The number of aromatic amines is 1. The van der Waals surface area contributed by atoms with E-state index in [1.807, 2.05) is 30.3 Å². The number of H-pyrrole nitrogens is 1. The maximum absolute atomic E-state index is 13.3. The molecular formula is C23H16FN5O2. The Morgan fingerprint density at radius 2 is 1.81 bits per heavy atom. The molecule has 2 aromatic heterocycles. The van der Waals surface area contributed by atoms with Crippen molar-refractivity contribution in [3.63, 3.8) is 0 Å². The molecule has 3 aromatic carbocycles. The molecule has 2 heterocycles. The summed E-state index contributed by atoms with van der Waals surface area (Å²) in [6.45, 7) is 0.391. The second-order valence-electron chi connectivity index (χ2n) is 7.04. The smallest absolute Gasteiger partial charge is 0.281 e. The van der Waals surface area contributed by atoms with Crippen molar-refractivity contribution in [1.82, 2.24) is 25.1 Å². The molecule has 152 valence electrons. The van der Waals surface area contributed by atoms with Gasteiger partial charge in [-0.15, -0.1) is 0 Å². The highest BCUT2D eigenvalue weighted by atomic mass is 19.1. The van der Waals surface area contributed by atoms with Crippen molar-refractivity contribution in [2.75, 3.05) is 0 Å². The van der Waals surface area contributed by atoms with Gasteiger partial charge in [0.25, 0.3) is 11.5 Å². The molecule has 0 radical (unpaired) electrons. The molecular weight excluding hydrogens is 397 g/mol. The lowest BCUT2D eigenvalue weighted by Gasteiger charge is -2.07. The van der Waals surface area contributed by atoms with Crippen LogP contribution < -0.4 is 10.9 Å². The zero-order valence-electron chi connectivity index (χ0n) is 16.2. The zero-order valence-corrected chi connectivity index (χ0v) is 16.2. The van der Waals surface area contributed by atoms with Gasteiger partial charge in [0.15, 0.2) is 5.65 Å². The molecule has 31 heavy (non-hydrogen) atoms. The number of aromatic nitrogens is 4. The summed E-state index contributed by atoms with van der Waals surface area (Å²) in [5.41, 5.74) is 2.75. The molecule has 0 aliphatic heterocycles. The molecule has 0 saturated heterocycles. The standard InChI is InChI=1S/C23H16FN5O2/c24-17-9-6-15(7-10-17)20-21-26-23(31)18-11-8-16(12-19(18)29(21)28-27-20)22(30)25-13-14-4-2-1-3-5-14/h1-12,28H,13H2,(H,25,30). The van der Waals surface area contributed by atoms with Crippen LogP contribution in [-0.2, 0) is 6.54 Å². The fourth-order valence-electron chi connectivity index (χ4n) is 3.45. The van der Waals surface area contributed by atoms with E-state index in [0.29, 0.717) is 39.9 Å². The van der Waals surface area contributed by atoms with E-state index in [-0.39, 0.29) is 11.7 Å². The Bertz CT molecular complexity index is 1470. The average molecular weight is 413 g/mol. The van der Waals surface area contributed by atoms with Crippen LogP contribution in [0.4, 0.5) is 4.39 Å². The van der Waals surface area contributed by atoms with Gasteiger partial charge in [-0.1, -0.05) is 30.3 Å². The van der Waals surface area contributed by atoms with Crippen LogP contribution in [0, 0.1) is 5.82 Å². The van der Waals surface area contributed by atoms with Gasteiger partial charge in [0.05, 0.1) is 10.9 Å². The van der Waals surface area contributed by atoms with Crippen LogP contribution in [0.15, 0.2) is 77.6 Å². The van der Waals surface area contributed by atoms with Crippen molar-refractivity contribution in [2.24, 2.45) is 0 Å². The molecule has 0 fully saturated rings. The Hall–Kier alpha value is -4.33. The van der Waals surface area contributed by atoms with Crippen LogP contribution >= 0.6 is 0 Å². The monoisotopic (exact) mass is 413 g/mol. The normalized spacial score (nSPS) is 11.1. The van der Waals surface area contributed by atoms with Crippen molar-refractivity contribution in [3.8, 4) is 11.3 Å². The second-order valence-corrected chi connectivity index (χ2v) is 7.04. The lowest BCUT2D eigenvalue weighted by atomic mass is 10.1. The lowest BCUT2D eigenvalue weighted by Crippen LogP contribution is -2.23. The highest BCUT2D eigenvalue weighted by Crippen LogP contribution is 2.23. The number of fused-ring (bicyclic) bond motifs is 3. The van der Waals surface area contributed by atoms with Crippen LogP contribution in [0.3, 0.4) is 0 Å². The third-order valence-corrected chi connectivity index (χ3v) is 5.04. The predicted octanol–water partition coefficient (Wildman–Crippen LogP) is 3.31. The van der Waals surface area contributed by atoms with Crippen molar-refractivity contribution in [2.45, 2.75) is 6.54 Å². The van der Waals surface area contributed by atoms with Gasteiger partial charge < -0.3 is 5.32 Å². The Labute approximate surface area is 175 Å². The first-order valence-electron chi connectivity index (χ1n) is 9.59. The van der Waals surface area contributed by atoms with Crippen LogP contribution in [0.1, 0.15) is 15.9 Å². The summed E-state index contributed by atoms with van der Waals surface area (Å²) in [5, 5.41) is 10.3. The average Bonchev–Trinajstić information content (AvgIpc) is 3.22. The number of halogens is 1. The molecule has 0 bridgehead atoms. The number of hydrogen-bond donors (Lipinski definition) is 2. The molecule has 0 aliphatic rings. The van der Waals surface area contributed by atoms with Crippen LogP contribution in [0.25, 0.3) is 27.8 Å². The fraction of sp³-hybridized carbons (Fsp3) is 0.0435. The zero-order chi connectivity index (χ0) is 21.4. The molecule has 5 rings (SSSR count). The summed E-state index contributed by atoms with van der Waals surface area (Å²) in [4.78, 5) is 29.4. The number of benzene rings is 3. The summed E-state index contributed by atoms with van der Waals surface area (Å²) < 4.78 is 14.8. The molecule has 0 atom stereocenters. The topological polar surface area (TPSA) is 92.2 Å². The van der Waals surface area contributed by atoms with Gasteiger partial charge >= 0.3 is 0 Å². The van der Waals surface area contributed by atoms with Gasteiger partial charge in [0.1, 0.15) is 11.5 Å². The Balaban J connectivity index is 1.55. The molecule has 7 nitrogen and oxygen atoms in total. The minimum Gasteiger partial charge on any atom is -0.348 e. The number of nitrogens with zero attached hydrogens (tertiary/aromatic N) is 3. The highest BCUT2D eigenvalue weighted by Gasteiger charge is 2.16. The van der Waals surface area contributed by atoms with Crippen molar-refractivity contribution in [1.29, 1.82) is 0 Å². The first kappa shape index (κ1) is 18.7. The quantitative estimate of drug-likeness (QED) is 0.473. The Morgan fingerprint density at radius 3 is 2.58 bits per heavy atom. The van der Waals surface area contributed by atoms with Crippen LogP contribution in [-0.4, -0.2) is 25.7 Å². The second kappa shape index (κ2) is 7.49. The summed E-state index contributed by atoms with van der Waals surface area (Å²) in [6.07, 6.45) is 0. The van der Waals surface area contributed by atoms with E-state index >= 15 is 0 Å². The Morgan fingerprint density at radius 1 is 1.03 bits per heavy atom. The van der Waals surface area contributed by atoms with Gasteiger partial charge in [-0.3, -0.25) is 9.59 Å². The maximum atomic E-state index is 13.3. The number of carbonyl (C=O) groups excluding carboxylic acids is 1. The molecule has 1 amide bonds. The van der Waals surface area contributed by atoms with Crippen LogP contribution in [0.2, 0.25) is 0 Å². The maximum Gasteiger partial charge on any atom is 0.281 e. The van der Waals surface area contributed by atoms with Gasteiger partial charge in [0, 0.05) is 17.7 Å².